The normalized spacial score (nSPS) is 19.2. The number of carbonyl (C=O) groups is 2. The van der Waals surface area contributed by atoms with E-state index >= 15 is 0 Å². The van der Waals surface area contributed by atoms with Gasteiger partial charge in [-0.2, -0.15) is 0 Å². The Hall–Kier alpha value is -1.84. The van der Waals surface area contributed by atoms with Crippen LogP contribution in [0.2, 0.25) is 0 Å². The molecule has 1 aromatic carbocycles. The summed E-state index contributed by atoms with van der Waals surface area (Å²) in [5.74, 6) is -0.271. The molecule has 0 saturated carbocycles. The first-order valence-corrected chi connectivity index (χ1v) is 6.11. The van der Waals surface area contributed by atoms with Crippen LogP contribution in [0.3, 0.4) is 0 Å². The fourth-order valence-corrected chi connectivity index (χ4v) is 2.44. The second-order valence-electron chi connectivity index (χ2n) is 4.87. The molecule has 1 heterocycles. The average Bonchev–Trinajstić information content (AvgIpc) is 2.69. The van der Waals surface area contributed by atoms with E-state index in [1.165, 1.54) is 0 Å². The predicted molar refractivity (Wildman–Crippen MR) is 70.4 cm³/mol. The molecule has 4 nitrogen and oxygen atoms in total. The highest BCUT2D eigenvalue weighted by molar-refractivity contribution is 6.00. The number of anilines is 1. The van der Waals surface area contributed by atoms with E-state index in [-0.39, 0.29) is 17.7 Å². The molecular formula is C14H18N2O2. The lowest BCUT2D eigenvalue weighted by Gasteiger charge is -2.17. The van der Waals surface area contributed by atoms with Crippen molar-refractivity contribution in [2.24, 2.45) is 5.92 Å². The molecule has 2 amide bonds. The van der Waals surface area contributed by atoms with Crippen LogP contribution in [-0.4, -0.2) is 25.4 Å². The van der Waals surface area contributed by atoms with Gasteiger partial charge < -0.3 is 10.2 Å². The summed E-state index contributed by atoms with van der Waals surface area (Å²) >= 11 is 0. The van der Waals surface area contributed by atoms with Crippen molar-refractivity contribution in [3.05, 3.63) is 29.3 Å². The maximum Gasteiger partial charge on any atom is 0.227 e. The molecule has 96 valence electrons. The van der Waals surface area contributed by atoms with Crippen molar-refractivity contribution in [3.8, 4) is 0 Å². The summed E-state index contributed by atoms with van der Waals surface area (Å²) in [7, 11) is 1.60. The quantitative estimate of drug-likeness (QED) is 0.857. The van der Waals surface area contributed by atoms with Crippen LogP contribution in [0.1, 0.15) is 17.5 Å². The molecule has 0 radical (unpaired) electrons. The SMILES string of the molecule is CNC(=O)[C@H]1CC(=O)N(c2cc(C)cc(C)c2)C1. The Labute approximate surface area is 107 Å². The topological polar surface area (TPSA) is 49.4 Å². The number of hydrogen-bond acceptors (Lipinski definition) is 2. The van der Waals surface area contributed by atoms with Crippen molar-refractivity contribution in [1.82, 2.24) is 5.32 Å². The Morgan fingerprint density at radius 1 is 1.28 bits per heavy atom. The van der Waals surface area contributed by atoms with Crippen molar-refractivity contribution in [2.75, 3.05) is 18.5 Å². The molecule has 1 aliphatic heterocycles. The Morgan fingerprint density at radius 3 is 2.44 bits per heavy atom. The van der Waals surface area contributed by atoms with E-state index in [0.29, 0.717) is 13.0 Å². The number of nitrogens with one attached hydrogen (secondary N) is 1. The number of hydrogen-bond donors (Lipinski definition) is 1. The van der Waals surface area contributed by atoms with E-state index in [4.69, 9.17) is 0 Å². The predicted octanol–water partition coefficient (Wildman–Crippen LogP) is 1.40. The lowest BCUT2D eigenvalue weighted by Crippen LogP contribution is -2.30. The Bertz CT molecular complexity index is 476. The highest BCUT2D eigenvalue weighted by Crippen LogP contribution is 2.26. The van der Waals surface area contributed by atoms with Gasteiger partial charge in [-0.15, -0.1) is 0 Å². The number of nitrogens with zero attached hydrogens (tertiary/aromatic N) is 1. The van der Waals surface area contributed by atoms with Gasteiger partial charge in [0, 0.05) is 25.7 Å². The molecule has 1 aromatic rings. The van der Waals surface area contributed by atoms with Crippen molar-refractivity contribution in [3.63, 3.8) is 0 Å². The van der Waals surface area contributed by atoms with Gasteiger partial charge in [0.05, 0.1) is 5.92 Å². The number of benzene rings is 1. The average molecular weight is 246 g/mol. The third-order valence-electron chi connectivity index (χ3n) is 3.26. The minimum atomic E-state index is -0.233. The van der Waals surface area contributed by atoms with E-state index in [1.807, 2.05) is 26.0 Å². The molecule has 0 unspecified atom stereocenters. The summed E-state index contributed by atoms with van der Waals surface area (Å²) < 4.78 is 0. The fourth-order valence-electron chi connectivity index (χ4n) is 2.44. The zero-order valence-corrected chi connectivity index (χ0v) is 11.0. The first-order chi connectivity index (χ1) is 8.51. The van der Waals surface area contributed by atoms with E-state index < -0.39 is 0 Å². The van der Waals surface area contributed by atoms with Gasteiger partial charge in [0.25, 0.3) is 0 Å². The van der Waals surface area contributed by atoms with Gasteiger partial charge >= 0.3 is 0 Å². The zero-order valence-electron chi connectivity index (χ0n) is 11.0. The van der Waals surface area contributed by atoms with Crippen LogP contribution in [-0.2, 0) is 9.59 Å². The molecule has 1 fully saturated rings. The highest BCUT2D eigenvalue weighted by Gasteiger charge is 2.34. The fraction of sp³-hybridized carbons (Fsp3) is 0.429. The number of carbonyl (C=O) groups excluding carboxylic acids is 2. The minimum absolute atomic E-state index is 0.0219. The number of aryl methyl sites for hydroxylation is 2. The molecule has 0 bridgehead atoms. The van der Waals surface area contributed by atoms with E-state index in [9.17, 15) is 9.59 Å². The Balaban J connectivity index is 2.24. The molecule has 1 atom stereocenters. The van der Waals surface area contributed by atoms with Gasteiger partial charge in [0.2, 0.25) is 11.8 Å². The van der Waals surface area contributed by atoms with Crippen molar-refractivity contribution < 1.29 is 9.59 Å². The minimum Gasteiger partial charge on any atom is -0.359 e. The summed E-state index contributed by atoms with van der Waals surface area (Å²) in [4.78, 5) is 25.3. The summed E-state index contributed by atoms with van der Waals surface area (Å²) in [5.41, 5.74) is 3.14. The van der Waals surface area contributed by atoms with Crippen molar-refractivity contribution >= 4 is 17.5 Å². The maximum absolute atomic E-state index is 12.0. The summed E-state index contributed by atoms with van der Waals surface area (Å²) in [5, 5.41) is 2.60. The van der Waals surface area contributed by atoms with Gasteiger partial charge in [-0.25, -0.2) is 0 Å². The molecule has 2 rings (SSSR count). The Morgan fingerprint density at radius 2 is 1.89 bits per heavy atom. The molecule has 0 aromatic heterocycles. The molecule has 1 aliphatic rings. The summed E-state index contributed by atoms with van der Waals surface area (Å²) in [6.07, 6.45) is 0.298. The van der Waals surface area contributed by atoms with Gasteiger partial charge in [-0.05, 0) is 37.1 Å². The molecule has 0 aliphatic carbocycles. The number of rotatable bonds is 2. The molecule has 1 N–H and O–H groups in total. The van der Waals surface area contributed by atoms with Gasteiger partial charge in [0.1, 0.15) is 0 Å². The van der Waals surface area contributed by atoms with Crippen LogP contribution in [0.15, 0.2) is 18.2 Å². The van der Waals surface area contributed by atoms with Crippen LogP contribution in [0.25, 0.3) is 0 Å². The third-order valence-corrected chi connectivity index (χ3v) is 3.26. The van der Waals surface area contributed by atoms with E-state index in [2.05, 4.69) is 11.4 Å². The summed E-state index contributed by atoms with van der Waals surface area (Å²) in [6.45, 7) is 4.49. The van der Waals surface area contributed by atoms with E-state index in [0.717, 1.165) is 16.8 Å². The maximum atomic E-state index is 12.0. The smallest absolute Gasteiger partial charge is 0.227 e. The van der Waals surface area contributed by atoms with E-state index in [1.54, 1.807) is 11.9 Å². The Kier molecular flexibility index (Phi) is 3.36. The first-order valence-electron chi connectivity index (χ1n) is 6.11. The largest absolute Gasteiger partial charge is 0.359 e. The molecule has 0 spiro atoms. The second-order valence-corrected chi connectivity index (χ2v) is 4.87. The summed E-state index contributed by atoms with van der Waals surface area (Å²) in [6, 6.07) is 6.04. The van der Waals surface area contributed by atoms with Crippen LogP contribution in [0.4, 0.5) is 5.69 Å². The lowest BCUT2D eigenvalue weighted by molar-refractivity contribution is -0.125. The second kappa shape index (κ2) is 4.80. The van der Waals surface area contributed by atoms with Crippen LogP contribution >= 0.6 is 0 Å². The van der Waals surface area contributed by atoms with Gasteiger partial charge in [0.15, 0.2) is 0 Å². The highest BCUT2D eigenvalue weighted by atomic mass is 16.2. The first kappa shape index (κ1) is 12.6. The zero-order chi connectivity index (χ0) is 13.3. The van der Waals surface area contributed by atoms with Gasteiger partial charge in [-0.3, -0.25) is 9.59 Å². The molecule has 18 heavy (non-hydrogen) atoms. The third kappa shape index (κ3) is 2.37. The van der Waals surface area contributed by atoms with Crippen LogP contribution in [0.5, 0.6) is 0 Å². The monoisotopic (exact) mass is 246 g/mol. The lowest BCUT2D eigenvalue weighted by atomic mass is 10.1. The van der Waals surface area contributed by atoms with Gasteiger partial charge in [-0.1, -0.05) is 6.07 Å². The number of amides is 2. The standard InChI is InChI=1S/C14H18N2O2/c1-9-4-10(2)6-12(5-9)16-8-11(7-13(16)17)14(18)15-3/h4-6,11H,7-8H2,1-3H3,(H,15,18)/t11-/m0/s1. The van der Waals surface area contributed by atoms with Crippen LogP contribution < -0.4 is 10.2 Å². The molecular weight excluding hydrogens is 228 g/mol. The molecule has 1 saturated heterocycles. The van der Waals surface area contributed by atoms with Crippen molar-refractivity contribution in [2.45, 2.75) is 20.3 Å². The molecule has 4 heteroatoms. The van der Waals surface area contributed by atoms with Crippen LogP contribution in [0, 0.1) is 19.8 Å². The van der Waals surface area contributed by atoms with Crippen molar-refractivity contribution in [1.29, 1.82) is 0 Å².